The van der Waals surface area contributed by atoms with Crippen molar-refractivity contribution in [1.82, 2.24) is 15.6 Å². The number of hydrogen-bond acceptors (Lipinski definition) is 4. The van der Waals surface area contributed by atoms with Gasteiger partial charge in [0.25, 0.3) is 0 Å². The zero-order valence-corrected chi connectivity index (χ0v) is 18.5. The molecule has 0 aromatic carbocycles. The van der Waals surface area contributed by atoms with Crippen molar-refractivity contribution in [2.45, 2.75) is 44.3 Å². The molecule has 1 aromatic rings. The van der Waals surface area contributed by atoms with Crippen molar-refractivity contribution in [3.63, 3.8) is 0 Å². The Kier molecular flexibility index (Phi) is 11.3. The van der Waals surface area contributed by atoms with E-state index in [1.807, 2.05) is 24.4 Å². The Morgan fingerprint density at radius 2 is 2.12 bits per heavy atom. The summed E-state index contributed by atoms with van der Waals surface area (Å²) in [6.45, 7) is 8.13. The molecule has 0 amide bonds. The number of halogens is 1. The summed E-state index contributed by atoms with van der Waals surface area (Å²) in [5.41, 5.74) is 0. The molecule has 1 atom stereocenters. The minimum absolute atomic E-state index is 0. The van der Waals surface area contributed by atoms with E-state index in [4.69, 9.17) is 4.99 Å². The minimum Gasteiger partial charge on any atom is -0.370 e. The third-order valence-corrected chi connectivity index (χ3v) is 5.61. The van der Waals surface area contributed by atoms with Crippen molar-refractivity contribution in [3.8, 4) is 0 Å². The van der Waals surface area contributed by atoms with Crippen LogP contribution in [0.1, 0.15) is 39.5 Å². The van der Waals surface area contributed by atoms with Crippen molar-refractivity contribution in [2.24, 2.45) is 4.99 Å². The number of pyridine rings is 1. The number of aromatic nitrogens is 1. The SMILES string of the molecule is CCNC(=NCC1(C)CCCS1)NCCCCNc1ccccn1.I. The van der Waals surface area contributed by atoms with Crippen LogP contribution < -0.4 is 16.0 Å². The fraction of sp³-hybridized carbons (Fsp3) is 0.667. The number of nitrogens with zero attached hydrogens (tertiary/aromatic N) is 2. The normalized spacial score (nSPS) is 20.0. The number of rotatable bonds is 9. The van der Waals surface area contributed by atoms with Crippen LogP contribution in [-0.4, -0.2) is 47.6 Å². The van der Waals surface area contributed by atoms with E-state index >= 15 is 0 Å². The van der Waals surface area contributed by atoms with Gasteiger partial charge in [0, 0.05) is 30.6 Å². The molecule has 2 rings (SSSR count). The summed E-state index contributed by atoms with van der Waals surface area (Å²) < 4.78 is 0.328. The molecule has 0 aliphatic carbocycles. The first-order valence-corrected chi connectivity index (χ1v) is 10.0. The van der Waals surface area contributed by atoms with Gasteiger partial charge in [-0.2, -0.15) is 11.8 Å². The van der Waals surface area contributed by atoms with Crippen molar-refractivity contribution < 1.29 is 0 Å². The lowest BCUT2D eigenvalue weighted by Gasteiger charge is -2.21. The smallest absolute Gasteiger partial charge is 0.191 e. The van der Waals surface area contributed by atoms with Crippen LogP contribution in [0.5, 0.6) is 0 Å². The van der Waals surface area contributed by atoms with Gasteiger partial charge < -0.3 is 16.0 Å². The van der Waals surface area contributed by atoms with Crippen LogP contribution in [0, 0.1) is 0 Å². The zero-order valence-electron chi connectivity index (χ0n) is 15.4. The molecule has 2 heterocycles. The highest BCUT2D eigenvalue weighted by Crippen LogP contribution is 2.37. The van der Waals surface area contributed by atoms with Crippen LogP contribution >= 0.6 is 35.7 Å². The Hall–Kier alpha value is -0.700. The summed E-state index contributed by atoms with van der Waals surface area (Å²) in [4.78, 5) is 9.04. The summed E-state index contributed by atoms with van der Waals surface area (Å²) in [7, 11) is 0. The van der Waals surface area contributed by atoms with Gasteiger partial charge in [-0.1, -0.05) is 6.07 Å². The van der Waals surface area contributed by atoms with Gasteiger partial charge in [-0.05, 0) is 57.4 Å². The molecule has 0 spiro atoms. The minimum atomic E-state index is 0. The molecule has 1 aliphatic heterocycles. The van der Waals surface area contributed by atoms with Gasteiger partial charge in [-0.25, -0.2) is 4.98 Å². The molecule has 1 unspecified atom stereocenters. The fourth-order valence-corrected chi connectivity index (χ4v) is 3.92. The number of hydrogen-bond donors (Lipinski definition) is 3. The van der Waals surface area contributed by atoms with Crippen molar-refractivity contribution in [1.29, 1.82) is 0 Å². The lowest BCUT2D eigenvalue weighted by atomic mass is 10.1. The molecule has 0 bridgehead atoms. The van der Waals surface area contributed by atoms with E-state index in [0.717, 1.165) is 50.8 Å². The highest BCUT2D eigenvalue weighted by molar-refractivity contribution is 14.0. The van der Waals surface area contributed by atoms with E-state index in [1.54, 1.807) is 0 Å². The first-order valence-electron chi connectivity index (χ1n) is 9.03. The highest BCUT2D eigenvalue weighted by Gasteiger charge is 2.29. The van der Waals surface area contributed by atoms with E-state index in [2.05, 4.69) is 46.5 Å². The average Bonchev–Trinajstić information content (AvgIpc) is 3.03. The van der Waals surface area contributed by atoms with Crippen LogP contribution in [0.15, 0.2) is 29.4 Å². The average molecular weight is 477 g/mol. The number of unbranched alkanes of at least 4 members (excludes halogenated alkanes) is 1. The van der Waals surface area contributed by atoms with Crippen LogP contribution in [0.3, 0.4) is 0 Å². The molecule has 7 heteroatoms. The van der Waals surface area contributed by atoms with Crippen molar-refractivity contribution in [3.05, 3.63) is 24.4 Å². The predicted molar refractivity (Wildman–Crippen MR) is 121 cm³/mol. The molecule has 0 saturated carbocycles. The van der Waals surface area contributed by atoms with E-state index in [9.17, 15) is 0 Å². The number of nitrogens with one attached hydrogen (secondary N) is 3. The van der Waals surface area contributed by atoms with Gasteiger partial charge in [0.2, 0.25) is 0 Å². The first kappa shape index (κ1) is 22.3. The van der Waals surface area contributed by atoms with Gasteiger partial charge in [0.05, 0.1) is 6.54 Å². The van der Waals surface area contributed by atoms with Crippen LogP contribution in [-0.2, 0) is 0 Å². The number of guanidine groups is 1. The Morgan fingerprint density at radius 3 is 2.80 bits per heavy atom. The van der Waals surface area contributed by atoms with Crippen molar-refractivity contribution in [2.75, 3.05) is 37.2 Å². The maximum atomic E-state index is 4.78. The van der Waals surface area contributed by atoms with Gasteiger partial charge >= 0.3 is 0 Å². The molecular formula is C18H32IN5S. The Morgan fingerprint density at radius 1 is 1.28 bits per heavy atom. The second-order valence-corrected chi connectivity index (χ2v) is 8.06. The van der Waals surface area contributed by atoms with Gasteiger partial charge in [-0.3, -0.25) is 4.99 Å². The van der Waals surface area contributed by atoms with E-state index in [-0.39, 0.29) is 24.0 Å². The molecule has 25 heavy (non-hydrogen) atoms. The number of aliphatic imine (C=N–C) groups is 1. The van der Waals surface area contributed by atoms with Crippen molar-refractivity contribution >= 4 is 47.5 Å². The Bertz CT molecular complexity index is 491. The molecule has 1 aliphatic rings. The summed E-state index contributed by atoms with van der Waals surface area (Å²) in [5, 5.41) is 10.1. The monoisotopic (exact) mass is 477 g/mol. The third-order valence-electron chi connectivity index (χ3n) is 4.08. The second kappa shape index (κ2) is 12.6. The van der Waals surface area contributed by atoms with Gasteiger partial charge in [0.15, 0.2) is 5.96 Å². The van der Waals surface area contributed by atoms with Crippen LogP contribution in [0.4, 0.5) is 5.82 Å². The molecule has 1 saturated heterocycles. The van der Waals surface area contributed by atoms with E-state index < -0.39 is 0 Å². The summed E-state index contributed by atoms with van der Waals surface area (Å²) in [6, 6.07) is 5.93. The topological polar surface area (TPSA) is 61.3 Å². The number of thioether (sulfide) groups is 1. The maximum Gasteiger partial charge on any atom is 0.191 e. The van der Waals surface area contributed by atoms with Crippen LogP contribution in [0.2, 0.25) is 0 Å². The molecule has 0 radical (unpaired) electrons. The first-order chi connectivity index (χ1) is 11.7. The molecule has 142 valence electrons. The number of anilines is 1. The zero-order chi connectivity index (χ0) is 17.1. The van der Waals surface area contributed by atoms with Gasteiger partial charge in [0.1, 0.15) is 5.82 Å². The molecule has 3 N–H and O–H groups in total. The highest BCUT2D eigenvalue weighted by atomic mass is 127. The molecular weight excluding hydrogens is 445 g/mol. The molecule has 1 aromatic heterocycles. The van der Waals surface area contributed by atoms with E-state index in [0.29, 0.717) is 4.75 Å². The maximum absolute atomic E-state index is 4.78. The lowest BCUT2D eigenvalue weighted by molar-refractivity contribution is 0.613. The Balaban J connectivity index is 0.00000312. The van der Waals surface area contributed by atoms with Crippen LogP contribution in [0.25, 0.3) is 0 Å². The Labute approximate surface area is 173 Å². The van der Waals surface area contributed by atoms with E-state index in [1.165, 1.54) is 18.6 Å². The standard InChI is InChI=1S/C18H31N5S.HI/c1-3-19-17(23-15-18(2)10-8-14-24-18)22-13-7-6-12-21-16-9-4-5-11-20-16;/h4-5,9,11H,3,6-8,10,12-15H2,1-2H3,(H,20,21)(H2,19,22,23);1H. The largest absolute Gasteiger partial charge is 0.370 e. The summed E-state index contributed by atoms with van der Waals surface area (Å²) in [6.07, 6.45) is 6.63. The second-order valence-electron chi connectivity index (χ2n) is 6.37. The summed E-state index contributed by atoms with van der Waals surface area (Å²) >= 11 is 2.06. The van der Waals surface area contributed by atoms with Gasteiger partial charge in [-0.15, -0.1) is 24.0 Å². The third kappa shape index (κ3) is 8.99. The molecule has 1 fully saturated rings. The fourth-order valence-electron chi connectivity index (χ4n) is 2.69. The lowest BCUT2D eigenvalue weighted by Crippen LogP contribution is -2.39. The quantitative estimate of drug-likeness (QED) is 0.219. The molecule has 5 nitrogen and oxygen atoms in total. The summed E-state index contributed by atoms with van der Waals surface area (Å²) in [5.74, 6) is 3.17. The predicted octanol–water partition coefficient (Wildman–Crippen LogP) is 3.73.